The van der Waals surface area contributed by atoms with Crippen molar-refractivity contribution in [3.63, 3.8) is 0 Å². The summed E-state index contributed by atoms with van der Waals surface area (Å²) in [7, 11) is 0. The molecule has 0 spiro atoms. The zero-order valence-corrected chi connectivity index (χ0v) is 13.2. The quantitative estimate of drug-likeness (QED) is 0.598. The maximum absolute atomic E-state index is 12.2. The SMILES string of the molecule is Cc1cc(C(=O)[C@H](C)Cl)c(C)n1-c1ccc(OC(F)F)cc1. The fourth-order valence-electron chi connectivity index (χ4n) is 2.40. The van der Waals surface area contributed by atoms with E-state index in [-0.39, 0.29) is 11.5 Å². The third kappa shape index (κ3) is 3.30. The van der Waals surface area contributed by atoms with Crippen molar-refractivity contribution in [2.45, 2.75) is 32.8 Å². The van der Waals surface area contributed by atoms with Crippen LogP contribution in [-0.2, 0) is 0 Å². The van der Waals surface area contributed by atoms with Crippen LogP contribution >= 0.6 is 11.6 Å². The van der Waals surface area contributed by atoms with Crippen molar-refractivity contribution < 1.29 is 18.3 Å². The second-order valence-electron chi connectivity index (χ2n) is 4.97. The normalized spacial score (nSPS) is 12.5. The lowest BCUT2D eigenvalue weighted by molar-refractivity contribution is -0.0498. The second-order valence-corrected chi connectivity index (χ2v) is 5.63. The smallest absolute Gasteiger partial charge is 0.387 e. The van der Waals surface area contributed by atoms with Crippen LogP contribution in [0.4, 0.5) is 8.78 Å². The van der Waals surface area contributed by atoms with E-state index >= 15 is 0 Å². The number of aryl methyl sites for hydroxylation is 1. The molecule has 0 aliphatic rings. The van der Waals surface area contributed by atoms with Gasteiger partial charge in [-0.1, -0.05) is 0 Å². The van der Waals surface area contributed by atoms with Gasteiger partial charge in [0.1, 0.15) is 5.75 Å². The number of aromatic nitrogens is 1. The molecule has 0 bridgehead atoms. The fraction of sp³-hybridized carbons (Fsp3) is 0.312. The van der Waals surface area contributed by atoms with Gasteiger partial charge in [0.2, 0.25) is 0 Å². The Balaban J connectivity index is 2.39. The molecule has 1 aromatic heterocycles. The predicted octanol–water partition coefficient (Wildman–Crippen LogP) is 4.51. The van der Waals surface area contributed by atoms with Crippen LogP contribution in [0.5, 0.6) is 5.75 Å². The van der Waals surface area contributed by atoms with Crippen LogP contribution in [0.15, 0.2) is 30.3 Å². The van der Waals surface area contributed by atoms with Gasteiger partial charge in [0.25, 0.3) is 0 Å². The first-order chi connectivity index (χ1) is 10.3. The molecule has 0 amide bonds. The maximum atomic E-state index is 12.2. The van der Waals surface area contributed by atoms with Crippen molar-refractivity contribution in [3.05, 3.63) is 47.3 Å². The Morgan fingerprint density at radius 2 is 1.82 bits per heavy atom. The number of ketones is 1. The molecule has 0 aliphatic heterocycles. The minimum Gasteiger partial charge on any atom is -0.435 e. The fourth-order valence-corrected chi connectivity index (χ4v) is 2.52. The summed E-state index contributed by atoms with van der Waals surface area (Å²) in [5, 5.41) is -0.601. The minimum atomic E-state index is -2.85. The molecule has 0 N–H and O–H groups in total. The Morgan fingerprint density at radius 3 is 2.32 bits per heavy atom. The first kappa shape index (κ1) is 16.5. The van der Waals surface area contributed by atoms with Gasteiger partial charge in [-0.15, -0.1) is 11.6 Å². The molecule has 2 aromatic rings. The number of carbonyl (C=O) groups is 1. The number of rotatable bonds is 5. The second kappa shape index (κ2) is 6.48. The average molecular weight is 328 g/mol. The van der Waals surface area contributed by atoms with Crippen molar-refractivity contribution in [3.8, 4) is 11.4 Å². The zero-order valence-electron chi connectivity index (χ0n) is 12.4. The molecule has 0 radical (unpaired) electrons. The summed E-state index contributed by atoms with van der Waals surface area (Å²) in [4.78, 5) is 12.1. The van der Waals surface area contributed by atoms with Gasteiger partial charge in [-0.25, -0.2) is 0 Å². The summed E-state index contributed by atoms with van der Waals surface area (Å²) in [5.74, 6) is -0.0504. The maximum Gasteiger partial charge on any atom is 0.387 e. The molecule has 0 fully saturated rings. The van der Waals surface area contributed by atoms with Crippen LogP contribution in [0, 0.1) is 13.8 Å². The van der Waals surface area contributed by atoms with Crippen LogP contribution in [0.3, 0.4) is 0 Å². The number of hydrogen-bond acceptors (Lipinski definition) is 2. The monoisotopic (exact) mass is 327 g/mol. The third-order valence-corrected chi connectivity index (χ3v) is 3.58. The van der Waals surface area contributed by atoms with E-state index in [4.69, 9.17) is 11.6 Å². The van der Waals surface area contributed by atoms with Crippen molar-refractivity contribution >= 4 is 17.4 Å². The Morgan fingerprint density at radius 1 is 1.23 bits per heavy atom. The number of ether oxygens (including phenoxy) is 1. The van der Waals surface area contributed by atoms with Crippen LogP contribution < -0.4 is 4.74 Å². The van der Waals surface area contributed by atoms with Crippen molar-refractivity contribution in [2.75, 3.05) is 0 Å². The van der Waals surface area contributed by atoms with E-state index in [2.05, 4.69) is 4.74 Å². The minimum absolute atomic E-state index is 0.0897. The number of nitrogens with zero attached hydrogens (tertiary/aromatic N) is 1. The van der Waals surface area contributed by atoms with Crippen LogP contribution in [0.25, 0.3) is 5.69 Å². The lowest BCUT2D eigenvalue weighted by atomic mass is 10.1. The zero-order chi connectivity index (χ0) is 16.4. The number of Topliss-reactive ketones (excluding diaryl/α,β-unsaturated/α-hetero) is 1. The van der Waals surface area contributed by atoms with Gasteiger partial charge in [0, 0.05) is 22.6 Å². The third-order valence-electron chi connectivity index (χ3n) is 3.38. The lowest BCUT2D eigenvalue weighted by Crippen LogP contribution is -2.11. The highest BCUT2D eigenvalue weighted by molar-refractivity contribution is 6.33. The molecular weight excluding hydrogens is 312 g/mol. The average Bonchev–Trinajstić information content (AvgIpc) is 2.73. The van der Waals surface area contributed by atoms with Crippen molar-refractivity contribution in [1.82, 2.24) is 4.57 Å². The van der Waals surface area contributed by atoms with Gasteiger partial charge >= 0.3 is 6.61 Å². The summed E-state index contributed by atoms with van der Waals surface area (Å²) in [6, 6.07) is 8.03. The van der Waals surface area contributed by atoms with Gasteiger partial charge in [0.15, 0.2) is 5.78 Å². The first-order valence-corrected chi connectivity index (χ1v) is 7.17. The number of hydrogen-bond donors (Lipinski definition) is 0. The van der Waals surface area contributed by atoms with E-state index in [0.717, 1.165) is 17.1 Å². The summed E-state index contributed by atoms with van der Waals surface area (Å²) in [5.41, 5.74) is 2.95. The summed E-state index contributed by atoms with van der Waals surface area (Å²) >= 11 is 5.87. The van der Waals surface area contributed by atoms with E-state index < -0.39 is 12.0 Å². The number of halogens is 3. The van der Waals surface area contributed by atoms with Gasteiger partial charge in [0.05, 0.1) is 5.38 Å². The topological polar surface area (TPSA) is 31.2 Å². The standard InChI is InChI=1S/C16H16ClF2NO2/c1-9-8-14(15(21)10(2)17)11(3)20(9)12-4-6-13(7-5-12)22-16(18)19/h4-8,10,16H,1-3H3/t10-/m0/s1. The first-order valence-electron chi connectivity index (χ1n) is 6.73. The Hall–Kier alpha value is -1.88. The van der Waals surface area contributed by atoms with E-state index in [0.29, 0.717) is 5.56 Å². The van der Waals surface area contributed by atoms with E-state index in [9.17, 15) is 13.6 Å². The van der Waals surface area contributed by atoms with E-state index in [1.165, 1.54) is 12.1 Å². The molecule has 1 atom stereocenters. The van der Waals surface area contributed by atoms with E-state index in [1.54, 1.807) is 25.1 Å². The van der Waals surface area contributed by atoms with E-state index in [1.807, 2.05) is 18.4 Å². The Labute approximate surface area is 132 Å². The molecule has 0 aliphatic carbocycles. The number of carbonyl (C=O) groups excluding carboxylic acids is 1. The van der Waals surface area contributed by atoms with Gasteiger partial charge in [-0.3, -0.25) is 4.79 Å². The molecule has 118 valence electrons. The Bertz CT molecular complexity index is 678. The van der Waals surface area contributed by atoms with Crippen LogP contribution in [0.2, 0.25) is 0 Å². The molecular formula is C16H16ClF2NO2. The molecule has 0 saturated carbocycles. The van der Waals surface area contributed by atoms with Gasteiger partial charge in [-0.05, 0) is 51.1 Å². The summed E-state index contributed by atoms with van der Waals surface area (Å²) in [6.45, 7) is 2.47. The molecule has 22 heavy (non-hydrogen) atoms. The molecule has 2 rings (SSSR count). The highest BCUT2D eigenvalue weighted by Crippen LogP contribution is 2.24. The largest absolute Gasteiger partial charge is 0.435 e. The van der Waals surface area contributed by atoms with Crippen LogP contribution in [0.1, 0.15) is 28.7 Å². The van der Waals surface area contributed by atoms with Gasteiger partial charge < -0.3 is 9.30 Å². The predicted molar refractivity (Wildman–Crippen MR) is 81.5 cm³/mol. The molecule has 6 heteroatoms. The Kier molecular flexibility index (Phi) is 4.86. The summed E-state index contributed by atoms with van der Waals surface area (Å²) < 4.78 is 30.5. The lowest BCUT2D eigenvalue weighted by Gasteiger charge is -2.11. The molecule has 1 aromatic carbocycles. The number of benzene rings is 1. The molecule has 0 saturated heterocycles. The number of alkyl halides is 3. The van der Waals surface area contributed by atoms with Crippen molar-refractivity contribution in [2.24, 2.45) is 0 Å². The highest BCUT2D eigenvalue weighted by Gasteiger charge is 2.20. The van der Waals surface area contributed by atoms with Crippen LogP contribution in [-0.4, -0.2) is 22.3 Å². The molecule has 0 unspecified atom stereocenters. The van der Waals surface area contributed by atoms with Gasteiger partial charge in [-0.2, -0.15) is 8.78 Å². The summed E-state index contributed by atoms with van der Waals surface area (Å²) in [6.07, 6.45) is 0. The van der Waals surface area contributed by atoms with Crippen molar-refractivity contribution in [1.29, 1.82) is 0 Å². The highest BCUT2D eigenvalue weighted by atomic mass is 35.5. The molecule has 3 nitrogen and oxygen atoms in total. The molecule has 1 heterocycles.